The molecule has 0 bridgehead atoms. The summed E-state index contributed by atoms with van der Waals surface area (Å²) in [4.78, 5) is 5.32. The van der Waals surface area contributed by atoms with Crippen LogP contribution < -0.4 is 0 Å². The number of hydrogen-bond donors (Lipinski definition) is 0. The van der Waals surface area contributed by atoms with Crippen molar-refractivity contribution in [2.45, 2.75) is 45.7 Å². The summed E-state index contributed by atoms with van der Waals surface area (Å²) in [6, 6.07) is 1.66. The summed E-state index contributed by atoms with van der Waals surface area (Å²) in [6.45, 7) is 13.4. The lowest BCUT2D eigenvalue weighted by Crippen LogP contribution is -2.59. The average molecular weight is 240 g/mol. The van der Waals surface area contributed by atoms with Gasteiger partial charge in [0, 0.05) is 32.2 Å². The molecule has 0 unspecified atom stereocenters. The molecule has 2 aliphatic heterocycles. The second-order valence-corrected chi connectivity index (χ2v) is 5.49. The van der Waals surface area contributed by atoms with E-state index in [0.29, 0.717) is 0 Å². The van der Waals surface area contributed by atoms with Crippen LogP contribution >= 0.6 is 0 Å². The molecular formula is C14H28N2O. The summed E-state index contributed by atoms with van der Waals surface area (Å²) in [5, 5.41) is 0. The SMILES string of the molecule is CC.CC1CC(N2CCN(C3COC3)CC2)C1. The highest BCUT2D eigenvalue weighted by molar-refractivity contribution is 4.89. The van der Waals surface area contributed by atoms with Crippen molar-refractivity contribution in [3.8, 4) is 0 Å². The van der Waals surface area contributed by atoms with Crippen LogP contribution in [0, 0.1) is 5.92 Å². The largest absolute Gasteiger partial charge is 0.378 e. The molecule has 0 atom stereocenters. The Labute approximate surface area is 106 Å². The number of hydrogen-bond acceptors (Lipinski definition) is 3. The van der Waals surface area contributed by atoms with Crippen molar-refractivity contribution in [2.75, 3.05) is 39.4 Å². The molecule has 0 radical (unpaired) electrons. The fourth-order valence-electron chi connectivity index (χ4n) is 3.06. The molecule has 17 heavy (non-hydrogen) atoms. The maximum atomic E-state index is 5.25. The summed E-state index contributed by atoms with van der Waals surface area (Å²) in [5.41, 5.74) is 0. The molecule has 0 spiro atoms. The second-order valence-electron chi connectivity index (χ2n) is 5.49. The Morgan fingerprint density at radius 3 is 1.65 bits per heavy atom. The van der Waals surface area contributed by atoms with Crippen molar-refractivity contribution in [1.29, 1.82) is 0 Å². The van der Waals surface area contributed by atoms with E-state index in [2.05, 4.69) is 16.7 Å². The summed E-state index contributed by atoms with van der Waals surface area (Å²) in [7, 11) is 0. The molecule has 0 aromatic carbocycles. The van der Waals surface area contributed by atoms with E-state index in [9.17, 15) is 0 Å². The Bertz CT molecular complexity index is 216. The first-order valence-corrected chi connectivity index (χ1v) is 7.39. The Morgan fingerprint density at radius 1 is 0.824 bits per heavy atom. The molecule has 3 fully saturated rings. The quantitative estimate of drug-likeness (QED) is 0.732. The lowest BCUT2D eigenvalue weighted by atomic mass is 9.80. The summed E-state index contributed by atoms with van der Waals surface area (Å²) >= 11 is 0. The van der Waals surface area contributed by atoms with Crippen molar-refractivity contribution in [2.24, 2.45) is 5.92 Å². The van der Waals surface area contributed by atoms with Crippen LogP contribution in [0.15, 0.2) is 0 Å². The second kappa shape index (κ2) is 6.17. The molecule has 100 valence electrons. The van der Waals surface area contributed by atoms with Gasteiger partial charge in [0.25, 0.3) is 0 Å². The van der Waals surface area contributed by atoms with E-state index in [-0.39, 0.29) is 0 Å². The molecule has 2 saturated heterocycles. The molecular weight excluding hydrogens is 212 g/mol. The first kappa shape index (κ1) is 13.3. The zero-order valence-electron chi connectivity index (χ0n) is 11.7. The number of rotatable bonds is 2. The van der Waals surface area contributed by atoms with E-state index < -0.39 is 0 Å². The van der Waals surface area contributed by atoms with E-state index in [0.717, 1.165) is 31.2 Å². The zero-order chi connectivity index (χ0) is 12.3. The molecule has 0 aromatic rings. The monoisotopic (exact) mass is 240 g/mol. The van der Waals surface area contributed by atoms with Crippen LogP contribution in [0.25, 0.3) is 0 Å². The van der Waals surface area contributed by atoms with Crippen molar-refractivity contribution >= 4 is 0 Å². The summed E-state index contributed by atoms with van der Waals surface area (Å²) in [5.74, 6) is 0.980. The number of nitrogens with zero attached hydrogens (tertiary/aromatic N) is 2. The van der Waals surface area contributed by atoms with Crippen LogP contribution in [-0.4, -0.2) is 61.3 Å². The normalized spacial score (nSPS) is 35.5. The van der Waals surface area contributed by atoms with Crippen LogP contribution in [0.5, 0.6) is 0 Å². The van der Waals surface area contributed by atoms with Crippen LogP contribution in [0.2, 0.25) is 0 Å². The molecule has 3 rings (SSSR count). The van der Waals surface area contributed by atoms with Gasteiger partial charge in [0.1, 0.15) is 0 Å². The van der Waals surface area contributed by atoms with Gasteiger partial charge in [-0.05, 0) is 18.8 Å². The molecule has 3 nitrogen and oxygen atoms in total. The van der Waals surface area contributed by atoms with Gasteiger partial charge in [-0.25, -0.2) is 0 Å². The molecule has 3 heteroatoms. The van der Waals surface area contributed by atoms with Gasteiger partial charge in [0.05, 0.1) is 19.3 Å². The fourth-order valence-corrected chi connectivity index (χ4v) is 3.06. The van der Waals surface area contributed by atoms with E-state index in [1.807, 2.05) is 13.8 Å². The van der Waals surface area contributed by atoms with Gasteiger partial charge >= 0.3 is 0 Å². The van der Waals surface area contributed by atoms with Gasteiger partial charge in [-0.15, -0.1) is 0 Å². The Balaban J connectivity index is 0.000000514. The maximum Gasteiger partial charge on any atom is 0.0645 e. The Kier molecular flexibility index (Phi) is 4.83. The highest BCUT2D eigenvalue weighted by atomic mass is 16.5. The minimum absolute atomic E-state index is 0.743. The first-order valence-electron chi connectivity index (χ1n) is 7.39. The standard InChI is InChI=1S/C12H22N2O.C2H6/c1-10-6-11(7-10)13-2-4-14(5-3-13)12-8-15-9-12;1-2/h10-12H,2-9H2,1H3;1-2H3. The smallest absolute Gasteiger partial charge is 0.0645 e. The number of piperazine rings is 1. The molecule has 0 amide bonds. The van der Waals surface area contributed by atoms with Gasteiger partial charge in [0.2, 0.25) is 0 Å². The predicted molar refractivity (Wildman–Crippen MR) is 71.3 cm³/mol. The third-order valence-electron chi connectivity index (χ3n) is 4.35. The van der Waals surface area contributed by atoms with E-state index in [1.54, 1.807) is 0 Å². The summed E-state index contributed by atoms with van der Waals surface area (Å²) < 4.78 is 5.25. The van der Waals surface area contributed by atoms with Gasteiger partial charge in [0.15, 0.2) is 0 Å². The van der Waals surface area contributed by atoms with Crippen molar-refractivity contribution in [1.82, 2.24) is 9.80 Å². The molecule has 1 aliphatic carbocycles. The minimum atomic E-state index is 0.743. The Hall–Kier alpha value is -0.120. The van der Waals surface area contributed by atoms with Crippen molar-refractivity contribution in [3.05, 3.63) is 0 Å². The predicted octanol–water partition coefficient (Wildman–Crippen LogP) is 1.83. The molecule has 3 aliphatic rings. The maximum absolute atomic E-state index is 5.25. The third kappa shape index (κ3) is 3.01. The highest BCUT2D eigenvalue weighted by Crippen LogP contribution is 2.31. The lowest BCUT2D eigenvalue weighted by molar-refractivity contribution is -0.0839. The van der Waals surface area contributed by atoms with Gasteiger partial charge in [-0.1, -0.05) is 20.8 Å². The Morgan fingerprint density at radius 2 is 1.29 bits per heavy atom. The first-order chi connectivity index (χ1) is 8.33. The van der Waals surface area contributed by atoms with E-state index in [1.165, 1.54) is 39.0 Å². The van der Waals surface area contributed by atoms with Gasteiger partial charge < -0.3 is 4.74 Å². The van der Waals surface area contributed by atoms with E-state index >= 15 is 0 Å². The van der Waals surface area contributed by atoms with Crippen molar-refractivity contribution in [3.63, 3.8) is 0 Å². The highest BCUT2D eigenvalue weighted by Gasteiger charge is 2.34. The minimum Gasteiger partial charge on any atom is -0.378 e. The third-order valence-corrected chi connectivity index (χ3v) is 4.35. The lowest BCUT2D eigenvalue weighted by Gasteiger charge is -2.48. The van der Waals surface area contributed by atoms with Crippen LogP contribution in [-0.2, 0) is 4.74 Å². The van der Waals surface area contributed by atoms with Crippen LogP contribution in [0.1, 0.15) is 33.6 Å². The summed E-state index contributed by atoms with van der Waals surface area (Å²) in [6.07, 6.45) is 2.87. The zero-order valence-corrected chi connectivity index (χ0v) is 11.7. The van der Waals surface area contributed by atoms with Crippen molar-refractivity contribution < 1.29 is 4.74 Å². The van der Waals surface area contributed by atoms with Gasteiger partial charge in [-0.2, -0.15) is 0 Å². The molecule has 0 aromatic heterocycles. The van der Waals surface area contributed by atoms with Crippen LogP contribution in [0.3, 0.4) is 0 Å². The molecule has 2 heterocycles. The van der Waals surface area contributed by atoms with Gasteiger partial charge in [-0.3, -0.25) is 9.80 Å². The molecule has 0 N–H and O–H groups in total. The fraction of sp³-hybridized carbons (Fsp3) is 1.00. The molecule has 1 saturated carbocycles. The van der Waals surface area contributed by atoms with Crippen LogP contribution in [0.4, 0.5) is 0 Å². The van der Waals surface area contributed by atoms with E-state index in [4.69, 9.17) is 4.74 Å². The number of ether oxygens (including phenoxy) is 1. The average Bonchev–Trinajstić information content (AvgIpc) is 2.27. The topological polar surface area (TPSA) is 15.7 Å².